The van der Waals surface area contributed by atoms with Crippen LogP contribution in [0, 0.1) is 0 Å². The van der Waals surface area contributed by atoms with Crippen LogP contribution in [0.4, 0.5) is 0 Å². The van der Waals surface area contributed by atoms with Crippen molar-refractivity contribution in [3.8, 4) is 0 Å². The number of amides is 1. The molecular formula is C7H11ClN4O. The second-order valence-corrected chi connectivity index (χ2v) is 2.97. The maximum Gasteiger partial charge on any atom is 0.287 e. The summed E-state index contributed by atoms with van der Waals surface area (Å²) in [7, 11) is 0. The van der Waals surface area contributed by atoms with E-state index < -0.39 is 5.91 Å². The Bertz CT molecular complexity index is 309. The summed E-state index contributed by atoms with van der Waals surface area (Å²) in [4.78, 5) is 11.1. The first-order valence-corrected chi connectivity index (χ1v) is 4.30. The molecule has 0 spiro atoms. The van der Waals surface area contributed by atoms with Gasteiger partial charge in [0.05, 0.1) is 5.02 Å². The predicted molar refractivity (Wildman–Crippen MR) is 49.2 cm³/mol. The van der Waals surface area contributed by atoms with Gasteiger partial charge in [-0.25, -0.2) is 5.84 Å². The van der Waals surface area contributed by atoms with Crippen LogP contribution >= 0.6 is 11.6 Å². The molecule has 0 saturated carbocycles. The van der Waals surface area contributed by atoms with Crippen molar-refractivity contribution in [2.75, 3.05) is 0 Å². The van der Waals surface area contributed by atoms with Crippen LogP contribution in [0.2, 0.25) is 5.02 Å². The van der Waals surface area contributed by atoms with Gasteiger partial charge in [0.15, 0.2) is 5.69 Å². The van der Waals surface area contributed by atoms with Gasteiger partial charge in [0.2, 0.25) is 0 Å². The number of nitrogens with two attached hydrogens (primary N) is 1. The number of nitrogen functional groups attached to an aromatic ring is 1. The van der Waals surface area contributed by atoms with Crippen LogP contribution in [0.1, 0.15) is 23.8 Å². The van der Waals surface area contributed by atoms with Crippen molar-refractivity contribution in [2.24, 2.45) is 5.84 Å². The smallest absolute Gasteiger partial charge is 0.287 e. The number of aromatic nitrogens is 2. The fraction of sp³-hybridized carbons (Fsp3) is 0.429. The summed E-state index contributed by atoms with van der Waals surface area (Å²) in [5.41, 5.74) is 2.14. The molecule has 3 N–H and O–H groups in total. The van der Waals surface area contributed by atoms with Crippen LogP contribution in [-0.4, -0.2) is 15.7 Å². The van der Waals surface area contributed by atoms with Crippen molar-refractivity contribution < 1.29 is 4.79 Å². The van der Waals surface area contributed by atoms with Gasteiger partial charge in [-0.3, -0.25) is 14.9 Å². The van der Waals surface area contributed by atoms with Crippen molar-refractivity contribution in [3.05, 3.63) is 16.9 Å². The van der Waals surface area contributed by atoms with E-state index >= 15 is 0 Å². The summed E-state index contributed by atoms with van der Waals surface area (Å²) in [5, 5.41) is 4.28. The highest BCUT2D eigenvalue weighted by Crippen LogP contribution is 2.13. The number of hydrogen-bond acceptors (Lipinski definition) is 3. The third-order valence-corrected chi connectivity index (χ3v) is 1.79. The first-order valence-electron chi connectivity index (χ1n) is 3.93. The molecule has 0 saturated heterocycles. The molecule has 13 heavy (non-hydrogen) atoms. The quantitative estimate of drug-likeness (QED) is 0.427. The SMILES string of the molecule is CCCn1cc(Cl)c(C(=O)NN)n1. The van der Waals surface area contributed by atoms with Crippen LogP contribution < -0.4 is 11.3 Å². The van der Waals surface area contributed by atoms with Gasteiger partial charge in [0, 0.05) is 12.7 Å². The van der Waals surface area contributed by atoms with E-state index in [0.717, 1.165) is 13.0 Å². The molecule has 1 heterocycles. The van der Waals surface area contributed by atoms with Crippen molar-refractivity contribution >= 4 is 17.5 Å². The Morgan fingerprint density at radius 2 is 2.54 bits per heavy atom. The fourth-order valence-corrected chi connectivity index (χ4v) is 1.20. The van der Waals surface area contributed by atoms with Gasteiger partial charge < -0.3 is 0 Å². The lowest BCUT2D eigenvalue weighted by molar-refractivity contribution is 0.0948. The monoisotopic (exact) mass is 202 g/mol. The highest BCUT2D eigenvalue weighted by Gasteiger charge is 2.13. The molecular weight excluding hydrogens is 192 g/mol. The van der Waals surface area contributed by atoms with E-state index in [9.17, 15) is 4.79 Å². The number of hydrazine groups is 1. The summed E-state index contributed by atoms with van der Waals surface area (Å²) in [6.07, 6.45) is 2.54. The van der Waals surface area contributed by atoms with Gasteiger partial charge in [-0.05, 0) is 6.42 Å². The van der Waals surface area contributed by atoms with Crippen molar-refractivity contribution in [1.29, 1.82) is 0 Å². The van der Waals surface area contributed by atoms with Gasteiger partial charge >= 0.3 is 0 Å². The summed E-state index contributed by atoms with van der Waals surface area (Å²) < 4.78 is 1.62. The molecule has 1 aromatic rings. The number of nitrogens with one attached hydrogen (secondary N) is 1. The summed E-state index contributed by atoms with van der Waals surface area (Å²) in [5.74, 6) is 4.48. The van der Waals surface area contributed by atoms with E-state index in [1.54, 1.807) is 10.9 Å². The topological polar surface area (TPSA) is 72.9 Å². The molecule has 0 aliphatic rings. The number of rotatable bonds is 3. The Morgan fingerprint density at radius 1 is 1.85 bits per heavy atom. The van der Waals surface area contributed by atoms with Gasteiger partial charge in [0.1, 0.15) is 0 Å². The van der Waals surface area contributed by atoms with Crippen molar-refractivity contribution in [3.63, 3.8) is 0 Å². The minimum Gasteiger partial charge on any atom is -0.289 e. The normalized spacial score (nSPS) is 10.1. The Labute approximate surface area is 80.8 Å². The summed E-state index contributed by atoms with van der Waals surface area (Å²) >= 11 is 5.75. The van der Waals surface area contributed by atoms with Crippen LogP contribution in [0.15, 0.2) is 6.20 Å². The van der Waals surface area contributed by atoms with Gasteiger partial charge in [0.25, 0.3) is 5.91 Å². The average molecular weight is 203 g/mol. The molecule has 0 aliphatic carbocycles. The largest absolute Gasteiger partial charge is 0.289 e. The zero-order valence-electron chi connectivity index (χ0n) is 7.25. The number of halogens is 1. The molecule has 0 fully saturated rings. The predicted octanol–water partition coefficient (Wildman–Crippen LogP) is 0.550. The highest BCUT2D eigenvalue weighted by molar-refractivity contribution is 6.33. The van der Waals surface area contributed by atoms with E-state index in [1.807, 2.05) is 12.3 Å². The summed E-state index contributed by atoms with van der Waals surface area (Å²) in [6.45, 7) is 2.75. The Morgan fingerprint density at radius 3 is 3.08 bits per heavy atom. The molecule has 0 atom stereocenters. The number of aryl methyl sites for hydroxylation is 1. The minimum atomic E-state index is -0.472. The molecule has 0 aromatic carbocycles. The molecule has 0 unspecified atom stereocenters. The average Bonchev–Trinajstić information content (AvgIpc) is 2.46. The van der Waals surface area contributed by atoms with E-state index in [0.29, 0.717) is 5.02 Å². The molecule has 6 heteroatoms. The number of carbonyl (C=O) groups is 1. The summed E-state index contributed by atoms with van der Waals surface area (Å²) in [6, 6.07) is 0. The standard InChI is InChI=1S/C7H11ClN4O/c1-2-3-12-4-5(8)6(11-12)7(13)10-9/h4H,2-3,9H2,1H3,(H,10,13). The lowest BCUT2D eigenvalue weighted by Gasteiger charge is -1.95. The lowest BCUT2D eigenvalue weighted by Crippen LogP contribution is -2.30. The first kappa shape index (κ1) is 10.0. The minimum absolute atomic E-state index is 0.164. The third kappa shape index (κ3) is 2.19. The van der Waals surface area contributed by atoms with Crippen LogP contribution in [-0.2, 0) is 6.54 Å². The maximum atomic E-state index is 11.1. The third-order valence-electron chi connectivity index (χ3n) is 1.52. The van der Waals surface area contributed by atoms with Crippen LogP contribution in [0.5, 0.6) is 0 Å². The molecule has 72 valence electrons. The van der Waals surface area contributed by atoms with Gasteiger partial charge in [-0.2, -0.15) is 5.10 Å². The van der Waals surface area contributed by atoms with Crippen molar-refractivity contribution in [1.82, 2.24) is 15.2 Å². The van der Waals surface area contributed by atoms with E-state index in [4.69, 9.17) is 17.4 Å². The second kappa shape index (κ2) is 4.25. The van der Waals surface area contributed by atoms with E-state index in [-0.39, 0.29) is 5.69 Å². The molecule has 1 aromatic heterocycles. The van der Waals surface area contributed by atoms with E-state index in [2.05, 4.69) is 5.10 Å². The van der Waals surface area contributed by atoms with Crippen LogP contribution in [0.3, 0.4) is 0 Å². The Kier molecular flexibility index (Phi) is 3.27. The van der Waals surface area contributed by atoms with E-state index in [1.165, 1.54) is 0 Å². The molecule has 0 aliphatic heterocycles. The lowest BCUT2D eigenvalue weighted by atomic mass is 10.4. The maximum absolute atomic E-state index is 11.1. The van der Waals surface area contributed by atoms with Gasteiger partial charge in [-0.15, -0.1) is 0 Å². The van der Waals surface area contributed by atoms with Crippen LogP contribution in [0.25, 0.3) is 0 Å². The number of carbonyl (C=O) groups excluding carboxylic acids is 1. The highest BCUT2D eigenvalue weighted by atomic mass is 35.5. The Hall–Kier alpha value is -1.07. The molecule has 1 rings (SSSR count). The molecule has 0 radical (unpaired) electrons. The first-order chi connectivity index (χ1) is 6.19. The molecule has 0 bridgehead atoms. The zero-order chi connectivity index (χ0) is 9.84. The number of nitrogens with zero attached hydrogens (tertiary/aromatic N) is 2. The molecule has 1 amide bonds. The fourth-order valence-electron chi connectivity index (χ4n) is 0.963. The zero-order valence-corrected chi connectivity index (χ0v) is 8.01. The molecule has 5 nitrogen and oxygen atoms in total. The van der Waals surface area contributed by atoms with Crippen molar-refractivity contribution in [2.45, 2.75) is 19.9 Å². The Balaban J connectivity index is 2.89. The second-order valence-electron chi connectivity index (χ2n) is 2.56. The number of hydrogen-bond donors (Lipinski definition) is 2. The van der Waals surface area contributed by atoms with Gasteiger partial charge in [-0.1, -0.05) is 18.5 Å².